The van der Waals surface area contributed by atoms with Crippen LogP contribution < -0.4 is 0 Å². The Labute approximate surface area is 132 Å². The van der Waals surface area contributed by atoms with Gasteiger partial charge in [-0.25, -0.2) is 0 Å². The third-order valence-corrected chi connectivity index (χ3v) is 5.21. The molecule has 1 aliphatic rings. The Balaban J connectivity index is 2.01. The lowest BCUT2D eigenvalue weighted by Crippen LogP contribution is -2.24. The Morgan fingerprint density at radius 3 is 2.53 bits per heavy atom. The van der Waals surface area contributed by atoms with Crippen molar-refractivity contribution in [3.8, 4) is 5.75 Å². The van der Waals surface area contributed by atoms with Crippen LogP contribution in [-0.4, -0.2) is 23.1 Å². The van der Waals surface area contributed by atoms with Crippen LogP contribution in [0.5, 0.6) is 5.75 Å². The van der Waals surface area contributed by atoms with E-state index in [1.165, 1.54) is 44.3 Å². The number of phenolic OH excluding ortho intramolecular Hbond substituents is 1. The van der Waals surface area contributed by atoms with E-state index in [1.807, 2.05) is 12.1 Å². The van der Waals surface area contributed by atoms with E-state index in [0.717, 1.165) is 21.4 Å². The van der Waals surface area contributed by atoms with Crippen LogP contribution in [0.4, 0.5) is 0 Å². The van der Waals surface area contributed by atoms with Gasteiger partial charge in [-0.1, -0.05) is 13.3 Å². The number of nitrogens with zero attached hydrogens (tertiary/aromatic N) is 1. The lowest BCUT2D eigenvalue weighted by atomic mass is 9.98. The van der Waals surface area contributed by atoms with E-state index in [0.29, 0.717) is 0 Å². The van der Waals surface area contributed by atoms with Crippen LogP contribution in [0.3, 0.4) is 0 Å². The van der Waals surface area contributed by atoms with Crippen molar-refractivity contribution in [2.75, 3.05) is 13.1 Å². The maximum Gasteiger partial charge on any atom is 0.143 e. The molecular weight excluding hydrogens is 370 g/mol. The summed E-state index contributed by atoms with van der Waals surface area (Å²) in [6.45, 7) is 5.64. The van der Waals surface area contributed by atoms with E-state index in [4.69, 9.17) is 0 Å². The second-order valence-corrected chi connectivity index (χ2v) is 7.10. The Morgan fingerprint density at radius 2 is 1.89 bits per heavy atom. The molecule has 1 unspecified atom stereocenters. The minimum Gasteiger partial charge on any atom is -0.506 e. The van der Waals surface area contributed by atoms with Gasteiger partial charge in [0.2, 0.25) is 0 Å². The first-order valence-corrected chi connectivity index (χ1v) is 8.58. The van der Waals surface area contributed by atoms with Crippen molar-refractivity contribution in [1.29, 1.82) is 0 Å². The minimum absolute atomic E-state index is 0.283. The van der Waals surface area contributed by atoms with E-state index >= 15 is 0 Å². The van der Waals surface area contributed by atoms with Crippen molar-refractivity contribution in [2.24, 2.45) is 5.92 Å². The van der Waals surface area contributed by atoms with Gasteiger partial charge < -0.3 is 5.11 Å². The molecule has 2 nitrogen and oxygen atoms in total. The standard InChI is InChI=1S/C15H21Br2NO/c1-2-11-4-3-6-18(7-5-11)10-12-8-13(16)15(19)14(17)9-12/h8-9,11,19H,2-7,10H2,1H3. The molecule has 4 heteroatoms. The van der Waals surface area contributed by atoms with Gasteiger partial charge in [0.05, 0.1) is 8.95 Å². The van der Waals surface area contributed by atoms with Gasteiger partial charge in [0.15, 0.2) is 0 Å². The molecule has 0 saturated carbocycles. The smallest absolute Gasteiger partial charge is 0.143 e. The summed E-state index contributed by atoms with van der Waals surface area (Å²) in [4.78, 5) is 2.53. The summed E-state index contributed by atoms with van der Waals surface area (Å²) in [5.41, 5.74) is 1.24. The number of benzene rings is 1. The lowest BCUT2D eigenvalue weighted by Gasteiger charge is -2.20. The Morgan fingerprint density at radius 1 is 1.21 bits per heavy atom. The molecule has 0 aromatic heterocycles. The topological polar surface area (TPSA) is 23.5 Å². The molecule has 1 aromatic carbocycles. The Hall–Kier alpha value is -0.0600. The molecule has 106 valence electrons. The highest BCUT2D eigenvalue weighted by atomic mass is 79.9. The molecular formula is C15H21Br2NO. The summed E-state index contributed by atoms with van der Waals surface area (Å²) < 4.78 is 1.52. The summed E-state index contributed by atoms with van der Waals surface area (Å²) in [5.74, 6) is 1.19. The van der Waals surface area contributed by atoms with Gasteiger partial charge >= 0.3 is 0 Å². The summed E-state index contributed by atoms with van der Waals surface area (Å²) in [5, 5.41) is 9.74. The Bertz CT molecular complexity index is 413. The summed E-state index contributed by atoms with van der Waals surface area (Å²) in [6.07, 6.45) is 5.30. The maximum absolute atomic E-state index is 9.74. The van der Waals surface area contributed by atoms with Crippen molar-refractivity contribution >= 4 is 31.9 Å². The van der Waals surface area contributed by atoms with Crippen LogP contribution in [-0.2, 0) is 6.54 Å². The summed E-state index contributed by atoms with van der Waals surface area (Å²) in [7, 11) is 0. The monoisotopic (exact) mass is 389 g/mol. The second kappa shape index (κ2) is 7.09. The lowest BCUT2D eigenvalue weighted by molar-refractivity contribution is 0.272. The van der Waals surface area contributed by atoms with Crippen molar-refractivity contribution in [3.63, 3.8) is 0 Å². The van der Waals surface area contributed by atoms with Crippen molar-refractivity contribution in [1.82, 2.24) is 4.90 Å². The average molecular weight is 391 g/mol. The number of hydrogen-bond donors (Lipinski definition) is 1. The molecule has 1 aromatic rings. The molecule has 0 spiro atoms. The highest BCUT2D eigenvalue weighted by molar-refractivity contribution is 9.11. The van der Waals surface area contributed by atoms with Crippen LogP contribution in [0.2, 0.25) is 0 Å². The molecule has 1 fully saturated rings. The number of phenols is 1. The summed E-state index contributed by atoms with van der Waals surface area (Å²) in [6, 6.07) is 4.03. The van der Waals surface area contributed by atoms with Crippen molar-refractivity contribution in [3.05, 3.63) is 26.6 Å². The van der Waals surface area contributed by atoms with Crippen LogP contribution in [0, 0.1) is 5.92 Å². The quantitative estimate of drug-likeness (QED) is 0.790. The molecule has 0 amide bonds. The van der Waals surface area contributed by atoms with Gasteiger partial charge in [-0.05, 0) is 87.8 Å². The molecule has 0 aliphatic carbocycles. The fourth-order valence-corrected chi connectivity index (χ4v) is 4.04. The molecule has 1 heterocycles. The number of hydrogen-bond acceptors (Lipinski definition) is 2. The molecule has 1 atom stereocenters. The van der Waals surface area contributed by atoms with Gasteiger partial charge in [-0.2, -0.15) is 0 Å². The molecule has 1 saturated heterocycles. The first-order valence-electron chi connectivity index (χ1n) is 6.99. The zero-order valence-electron chi connectivity index (χ0n) is 11.3. The van der Waals surface area contributed by atoms with Crippen molar-refractivity contribution < 1.29 is 5.11 Å². The SMILES string of the molecule is CCC1CCCN(Cc2cc(Br)c(O)c(Br)c2)CC1. The van der Waals surface area contributed by atoms with E-state index in [1.54, 1.807) is 0 Å². The fourth-order valence-electron chi connectivity index (χ4n) is 2.76. The van der Waals surface area contributed by atoms with Gasteiger partial charge in [-0.15, -0.1) is 0 Å². The van der Waals surface area contributed by atoms with Gasteiger partial charge in [-0.3, -0.25) is 4.90 Å². The zero-order chi connectivity index (χ0) is 13.8. The van der Waals surface area contributed by atoms with Crippen LogP contribution in [0.1, 0.15) is 38.2 Å². The van der Waals surface area contributed by atoms with Gasteiger partial charge in [0.25, 0.3) is 0 Å². The zero-order valence-corrected chi connectivity index (χ0v) is 14.5. The third-order valence-electron chi connectivity index (χ3n) is 4.00. The fraction of sp³-hybridized carbons (Fsp3) is 0.600. The Kier molecular flexibility index (Phi) is 5.72. The molecule has 19 heavy (non-hydrogen) atoms. The first-order chi connectivity index (χ1) is 9.10. The molecule has 2 rings (SSSR count). The van der Waals surface area contributed by atoms with E-state index in [2.05, 4.69) is 43.7 Å². The van der Waals surface area contributed by atoms with E-state index in [-0.39, 0.29) is 5.75 Å². The van der Waals surface area contributed by atoms with Crippen LogP contribution in [0.15, 0.2) is 21.1 Å². The third kappa shape index (κ3) is 4.20. The second-order valence-electron chi connectivity index (χ2n) is 5.39. The number of aromatic hydroxyl groups is 1. The van der Waals surface area contributed by atoms with Gasteiger partial charge in [0, 0.05) is 6.54 Å². The predicted octanol–water partition coefficient (Wildman–Crippen LogP) is 4.93. The number of rotatable bonds is 3. The highest BCUT2D eigenvalue weighted by Gasteiger charge is 2.16. The maximum atomic E-state index is 9.74. The highest BCUT2D eigenvalue weighted by Crippen LogP contribution is 2.34. The normalized spacial score (nSPS) is 21.3. The number of likely N-dealkylation sites (tertiary alicyclic amines) is 1. The number of halogens is 2. The molecule has 1 aliphatic heterocycles. The minimum atomic E-state index is 0.283. The van der Waals surface area contributed by atoms with E-state index < -0.39 is 0 Å². The average Bonchev–Trinajstić information content (AvgIpc) is 2.61. The largest absolute Gasteiger partial charge is 0.506 e. The summed E-state index contributed by atoms with van der Waals surface area (Å²) >= 11 is 6.80. The molecule has 0 radical (unpaired) electrons. The van der Waals surface area contributed by atoms with Crippen LogP contribution in [0.25, 0.3) is 0 Å². The van der Waals surface area contributed by atoms with Gasteiger partial charge in [0.1, 0.15) is 5.75 Å². The molecule has 0 bridgehead atoms. The predicted molar refractivity (Wildman–Crippen MR) is 86.4 cm³/mol. The first kappa shape index (κ1) is 15.3. The van der Waals surface area contributed by atoms with Crippen LogP contribution >= 0.6 is 31.9 Å². The molecule has 1 N–H and O–H groups in total. The van der Waals surface area contributed by atoms with Crippen molar-refractivity contribution in [2.45, 2.75) is 39.2 Å². The van der Waals surface area contributed by atoms with E-state index in [9.17, 15) is 5.11 Å².